The van der Waals surface area contributed by atoms with Gasteiger partial charge in [-0.2, -0.15) is 0 Å². The maximum atomic E-state index is 12.5. The Morgan fingerprint density at radius 1 is 1.08 bits per heavy atom. The Morgan fingerprint density at radius 3 is 2.40 bits per heavy atom. The maximum absolute atomic E-state index is 12.5. The third kappa shape index (κ3) is 5.54. The number of esters is 1. The van der Waals surface area contributed by atoms with Gasteiger partial charge in [-0.05, 0) is 49.6 Å². The molecule has 5 nitrogen and oxygen atoms in total. The van der Waals surface area contributed by atoms with Crippen LogP contribution in [0.3, 0.4) is 0 Å². The van der Waals surface area contributed by atoms with Crippen LogP contribution in [0.1, 0.15) is 27.7 Å². The Hall–Kier alpha value is -3.00. The second-order valence-electron chi connectivity index (χ2n) is 6.42. The number of amides is 1. The van der Waals surface area contributed by atoms with E-state index in [2.05, 4.69) is 12.0 Å². The zero-order valence-electron chi connectivity index (χ0n) is 14.8. The molecule has 0 heterocycles. The average Bonchev–Trinajstić information content (AvgIpc) is 2.52. The normalized spacial score (nSPS) is 10.6. The zero-order chi connectivity index (χ0) is 18.4. The molecule has 0 unspecified atom stereocenters. The van der Waals surface area contributed by atoms with Gasteiger partial charge in [0.25, 0.3) is 0 Å². The number of hydrogen-bond acceptors (Lipinski definition) is 4. The first-order valence-electron chi connectivity index (χ1n) is 7.90. The highest BCUT2D eigenvalue weighted by atomic mass is 16.6. The third-order valence-electron chi connectivity index (χ3n) is 3.11. The van der Waals surface area contributed by atoms with E-state index in [9.17, 15) is 9.59 Å². The van der Waals surface area contributed by atoms with E-state index in [1.807, 2.05) is 36.4 Å². The number of fused-ring (bicyclic) bond motifs is 1. The van der Waals surface area contributed by atoms with Crippen LogP contribution in [-0.2, 0) is 14.3 Å². The summed E-state index contributed by atoms with van der Waals surface area (Å²) >= 11 is 0. The predicted molar refractivity (Wildman–Crippen MR) is 97.1 cm³/mol. The molecule has 0 bridgehead atoms. The lowest BCUT2D eigenvalue weighted by atomic mass is 10.1. The molecule has 2 aromatic rings. The SMILES string of the molecule is CC(=O)OCC#CN(C(=O)OC(C)(C)C)c1ccc2ccccc2c1. The Labute approximate surface area is 147 Å². The highest BCUT2D eigenvalue weighted by Gasteiger charge is 2.22. The number of anilines is 1. The minimum atomic E-state index is -0.649. The first-order chi connectivity index (χ1) is 11.8. The molecule has 130 valence electrons. The number of nitrogens with zero attached hydrogens (tertiary/aromatic N) is 1. The van der Waals surface area contributed by atoms with E-state index >= 15 is 0 Å². The molecule has 0 radical (unpaired) electrons. The van der Waals surface area contributed by atoms with Crippen molar-refractivity contribution in [3.8, 4) is 12.0 Å². The fraction of sp³-hybridized carbons (Fsp3) is 0.300. The van der Waals surface area contributed by atoms with Crippen molar-refractivity contribution in [3.63, 3.8) is 0 Å². The predicted octanol–water partition coefficient (Wildman–Crippen LogP) is 4.11. The van der Waals surface area contributed by atoms with Crippen LogP contribution >= 0.6 is 0 Å². The van der Waals surface area contributed by atoms with Crippen LogP contribution in [0.4, 0.5) is 10.5 Å². The lowest BCUT2D eigenvalue weighted by molar-refractivity contribution is -0.139. The zero-order valence-corrected chi connectivity index (χ0v) is 14.8. The van der Waals surface area contributed by atoms with Gasteiger partial charge in [-0.15, -0.1) is 0 Å². The minimum Gasteiger partial charge on any atom is -0.453 e. The molecule has 2 aromatic carbocycles. The van der Waals surface area contributed by atoms with Crippen LogP contribution in [-0.4, -0.2) is 24.3 Å². The maximum Gasteiger partial charge on any atom is 0.426 e. The fourth-order valence-corrected chi connectivity index (χ4v) is 2.09. The molecule has 0 saturated heterocycles. The van der Waals surface area contributed by atoms with Gasteiger partial charge in [-0.1, -0.05) is 30.3 Å². The van der Waals surface area contributed by atoms with Crippen LogP contribution in [0.5, 0.6) is 0 Å². The smallest absolute Gasteiger partial charge is 0.426 e. The minimum absolute atomic E-state index is 0.0950. The van der Waals surface area contributed by atoms with Gasteiger partial charge < -0.3 is 9.47 Å². The van der Waals surface area contributed by atoms with E-state index < -0.39 is 17.7 Å². The largest absolute Gasteiger partial charge is 0.453 e. The Kier molecular flexibility index (Phi) is 5.66. The van der Waals surface area contributed by atoms with E-state index in [4.69, 9.17) is 9.47 Å². The highest BCUT2D eigenvalue weighted by molar-refractivity contribution is 5.95. The Balaban J connectivity index is 2.34. The molecule has 0 aliphatic carbocycles. The molecule has 0 aliphatic rings. The van der Waals surface area contributed by atoms with Crippen molar-refractivity contribution in [1.29, 1.82) is 0 Å². The van der Waals surface area contributed by atoms with E-state index in [1.54, 1.807) is 26.8 Å². The number of benzene rings is 2. The topological polar surface area (TPSA) is 55.8 Å². The number of ether oxygens (including phenoxy) is 2. The number of carbonyl (C=O) groups excluding carboxylic acids is 2. The van der Waals surface area contributed by atoms with Gasteiger partial charge in [0.15, 0.2) is 6.61 Å². The van der Waals surface area contributed by atoms with Crippen LogP contribution in [0.2, 0.25) is 0 Å². The molecule has 0 atom stereocenters. The van der Waals surface area contributed by atoms with Gasteiger partial charge >= 0.3 is 12.1 Å². The van der Waals surface area contributed by atoms with Gasteiger partial charge in [-0.25, -0.2) is 9.69 Å². The van der Waals surface area contributed by atoms with Crippen molar-refractivity contribution < 1.29 is 19.1 Å². The van der Waals surface area contributed by atoms with Gasteiger partial charge in [0.05, 0.1) is 5.69 Å². The fourth-order valence-electron chi connectivity index (χ4n) is 2.09. The summed E-state index contributed by atoms with van der Waals surface area (Å²) in [5.41, 5.74) is -0.0627. The van der Waals surface area contributed by atoms with Crippen molar-refractivity contribution in [2.75, 3.05) is 11.5 Å². The molecule has 25 heavy (non-hydrogen) atoms. The summed E-state index contributed by atoms with van der Waals surface area (Å²) in [5, 5.41) is 2.04. The molecule has 0 N–H and O–H groups in total. The molecule has 0 aliphatic heterocycles. The lowest BCUT2D eigenvalue weighted by Gasteiger charge is -2.24. The second kappa shape index (κ2) is 7.71. The van der Waals surface area contributed by atoms with Crippen LogP contribution in [0.15, 0.2) is 42.5 Å². The number of carbonyl (C=O) groups is 2. The molecular weight excluding hydrogens is 318 g/mol. The van der Waals surface area contributed by atoms with Crippen LogP contribution in [0, 0.1) is 12.0 Å². The summed E-state index contributed by atoms with van der Waals surface area (Å²) in [6.45, 7) is 6.57. The second-order valence-corrected chi connectivity index (χ2v) is 6.42. The van der Waals surface area contributed by atoms with Gasteiger partial charge in [0.1, 0.15) is 5.60 Å². The highest BCUT2D eigenvalue weighted by Crippen LogP contribution is 2.23. The molecule has 2 rings (SSSR count). The van der Waals surface area contributed by atoms with Gasteiger partial charge in [0.2, 0.25) is 0 Å². The molecule has 0 fully saturated rings. The summed E-state index contributed by atoms with van der Waals surface area (Å²) < 4.78 is 10.2. The van der Waals surface area contributed by atoms with Crippen molar-refractivity contribution in [1.82, 2.24) is 0 Å². The van der Waals surface area contributed by atoms with Crippen molar-refractivity contribution in [2.24, 2.45) is 0 Å². The summed E-state index contributed by atoms with van der Waals surface area (Å²) in [4.78, 5) is 24.6. The average molecular weight is 339 g/mol. The number of hydrogen-bond donors (Lipinski definition) is 0. The number of rotatable bonds is 2. The Morgan fingerprint density at radius 2 is 1.76 bits per heavy atom. The third-order valence-corrected chi connectivity index (χ3v) is 3.11. The first kappa shape index (κ1) is 18.3. The van der Waals surface area contributed by atoms with Crippen molar-refractivity contribution in [3.05, 3.63) is 42.5 Å². The summed E-state index contributed by atoms with van der Waals surface area (Å²) in [7, 11) is 0. The Bertz CT molecular complexity index is 840. The van der Waals surface area contributed by atoms with E-state index in [0.717, 1.165) is 10.8 Å². The molecule has 5 heteroatoms. The quantitative estimate of drug-likeness (QED) is 0.469. The summed E-state index contributed by atoms with van der Waals surface area (Å²) in [5.74, 6) is 2.24. The molecule has 0 aromatic heterocycles. The van der Waals surface area contributed by atoms with E-state index in [1.165, 1.54) is 11.8 Å². The van der Waals surface area contributed by atoms with Gasteiger partial charge in [0, 0.05) is 13.0 Å². The van der Waals surface area contributed by atoms with Crippen molar-refractivity contribution in [2.45, 2.75) is 33.3 Å². The molecule has 1 amide bonds. The van der Waals surface area contributed by atoms with E-state index in [0.29, 0.717) is 5.69 Å². The molecule has 0 spiro atoms. The molecular formula is C20H21NO4. The van der Waals surface area contributed by atoms with Crippen LogP contribution in [0.25, 0.3) is 10.8 Å². The molecule has 0 saturated carbocycles. The first-order valence-corrected chi connectivity index (χ1v) is 7.90. The monoisotopic (exact) mass is 339 g/mol. The standard InChI is InChI=1S/C20H21NO4/c1-15(22)24-13-7-12-21(19(23)25-20(2,3)4)18-11-10-16-8-5-6-9-17(16)14-18/h5-6,8-11,14H,13H2,1-4H3. The van der Waals surface area contributed by atoms with Crippen LogP contribution < -0.4 is 4.90 Å². The van der Waals surface area contributed by atoms with Crippen molar-refractivity contribution >= 4 is 28.5 Å². The summed E-state index contributed by atoms with van der Waals surface area (Å²) in [6.07, 6.45) is -0.585. The summed E-state index contributed by atoms with van der Waals surface area (Å²) in [6, 6.07) is 16.1. The van der Waals surface area contributed by atoms with E-state index in [-0.39, 0.29) is 6.61 Å². The lowest BCUT2D eigenvalue weighted by Crippen LogP contribution is -2.34. The van der Waals surface area contributed by atoms with Gasteiger partial charge in [-0.3, -0.25) is 4.79 Å².